The minimum atomic E-state index is -0.713. The van der Waals surface area contributed by atoms with Gasteiger partial charge in [0.2, 0.25) is 6.41 Å². The third-order valence-corrected chi connectivity index (χ3v) is 3.58. The van der Waals surface area contributed by atoms with Crippen LogP contribution in [0.2, 0.25) is 5.15 Å². The molecule has 10 heteroatoms. The second-order valence-corrected chi connectivity index (χ2v) is 5.35. The number of halogens is 1. The zero-order valence-corrected chi connectivity index (χ0v) is 14.3. The van der Waals surface area contributed by atoms with E-state index in [4.69, 9.17) is 21.1 Å². The van der Waals surface area contributed by atoms with Crippen molar-refractivity contribution in [2.75, 3.05) is 26.3 Å². The standard InChI is InChI=1S/C14H20ClN5O4/c1-3-23-14(24-4-2)19-8-7-18(13(19)17-20(21)22)10-11-5-6-12(15)16-9-11/h5-6,9,14H,3-4,7-8,10H2,1-2H3/b17-13+. The lowest BCUT2D eigenvalue weighted by Gasteiger charge is -2.28. The predicted molar refractivity (Wildman–Crippen MR) is 87.8 cm³/mol. The molecule has 132 valence electrons. The average Bonchev–Trinajstić information content (AvgIpc) is 2.91. The highest BCUT2D eigenvalue weighted by molar-refractivity contribution is 6.29. The van der Waals surface area contributed by atoms with Crippen LogP contribution in [0, 0.1) is 10.1 Å². The van der Waals surface area contributed by atoms with Crippen LogP contribution < -0.4 is 0 Å². The molecule has 0 bridgehead atoms. The molecule has 24 heavy (non-hydrogen) atoms. The van der Waals surface area contributed by atoms with Crippen molar-refractivity contribution in [2.24, 2.45) is 5.10 Å². The fraction of sp³-hybridized carbons (Fsp3) is 0.571. The fourth-order valence-electron chi connectivity index (χ4n) is 2.39. The van der Waals surface area contributed by atoms with Crippen molar-refractivity contribution in [1.29, 1.82) is 0 Å². The monoisotopic (exact) mass is 357 g/mol. The molecule has 2 rings (SSSR count). The Bertz CT molecular complexity index is 577. The second kappa shape index (κ2) is 8.76. The van der Waals surface area contributed by atoms with Gasteiger partial charge in [-0.25, -0.2) is 15.1 Å². The van der Waals surface area contributed by atoms with E-state index in [1.165, 1.54) is 0 Å². The number of aromatic nitrogens is 1. The van der Waals surface area contributed by atoms with Gasteiger partial charge in [-0.3, -0.25) is 4.90 Å². The van der Waals surface area contributed by atoms with Crippen molar-refractivity contribution in [3.63, 3.8) is 0 Å². The van der Waals surface area contributed by atoms with Crippen molar-refractivity contribution in [3.8, 4) is 0 Å². The Kier molecular flexibility index (Phi) is 6.71. The van der Waals surface area contributed by atoms with Gasteiger partial charge in [-0.15, -0.1) is 0 Å². The van der Waals surface area contributed by atoms with Crippen LogP contribution in [0.1, 0.15) is 19.4 Å². The molecule has 0 N–H and O–H groups in total. The Hall–Kier alpha value is -1.97. The molecule has 1 aliphatic heterocycles. The molecule has 9 nitrogen and oxygen atoms in total. The SMILES string of the molecule is CCOC(OCC)N1CCN(Cc2ccc(Cl)nc2)/C1=N\[N+](=O)[O-]. The highest BCUT2D eigenvalue weighted by Gasteiger charge is 2.35. The van der Waals surface area contributed by atoms with Gasteiger partial charge in [-0.2, -0.15) is 0 Å². The van der Waals surface area contributed by atoms with Gasteiger partial charge in [0.15, 0.2) is 5.03 Å². The van der Waals surface area contributed by atoms with Crippen molar-refractivity contribution < 1.29 is 14.5 Å². The number of hydrazone groups is 1. The number of hydrogen-bond acceptors (Lipinski definition) is 5. The van der Waals surface area contributed by atoms with E-state index in [0.717, 1.165) is 5.56 Å². The van der Waals surface area contributed by atoms with E-state index < -0.39 is 11.4 Å². The van der Waals surface area contributed by atoms with Gasteiger partial charge >= 0.3 is 0 Å². The highest BCUT2D eigenvalue weighted by atomic mass is 35.5. The molecule has 1 aliphatic rings. The maximum absolute atomic E-state index is 10.9. The molecule has 1 aromatic rings. The molecule has 1 fully saturated rings. The summed E-state index contributed by atoms with van der Waals surface area (Å²) >= 11 is 5.78. The fourth-order valence-corrected chi connectivity index (χ4v) is 2.50. The van der Waals surface area contributed by atoms with Crippen LogP contribution in [-0.2, 0) is 16.0 Å². The number of nitro groups is 1. The van der Waals surface area contributed by atoms with Gasteiger partial charge in [-0.05, 0) is 25.5 Å². The summed E-state index contributed by atoms with van der Waals surface area (Å²) in [4.78, 5) is 18.4. The Morgan fingerprint density at radius 3 is 2.62 bits per heavy atom. The second-order valence-electron chi connectivity index (χ2n) is 4.96. The first-order valence-electron chi connectivity index (χ1n) is 7.63. The predicted octanol–water partition coefficient (Wildman–Crippen LogP) is 1.76. The lowest BCUT2D eigenvalue weighted by atomic mass is 10.3. The first-order chi connectivity index (χ1) is 11.5. The Morgan fingerprint density at radius 2 is 2.08 bits per heavy atom. The minimum absolute atomic E-state index is 0.210. The van der Waals surface area contributed by atoms with Gasteiger partial charge < -0.3 is 14.4 Å². The summed E-state index contributed by atoms with van der Waals surface area (Å²) in [6.45, 7) is 6.03. The van der Waals surface area contributed by atoms with Crippen LogP contribution in [0.3, 0.4) is 0 Å². The lowest BCUT2D eigenvalue weighted by molar-refractivity contribution is -0.486. The van der Waals surface area contributed by atoms with Crippen molar-refractivity contribution >= 4 is 17.6 Å². The molecule has 1 saturated heterocycles. The first-order valence-corrected chi connectivity index (χ1v) is 8.01. The van der Waals surface area contributed by atoms with Crippen LogP contribution in [0.5, 0.6) is 0 Å². The van der Waals surface area contributed by atoms with E-state index in [0.29, 0.717) is 38.0 Å². The third-order valence-electron chi connectivity index (χ3n) is 3.36. The van der Waals surface area contributed by atoms with Gasteiger partial charge in [0.1, 0.15) is 10.3 Å². The maximum atomic E-state index is 10.9. The molecular formula is C14H20ClN5O4. The van der Waals surface area contributed by atoms with E-state index in [2.05, 4.69) is 10.1 Å². The number of pyridine rings is 1. The zero-order valence-electron chi connectivity index (χ0n) is 13.6. The van der Waals surface area contributed by atoms with Crippen LogP contribution in [-0.4, -0.2) is 58.5 Å². The summed E-state index contributed by atoms with van der Waals surface area (Å²) in [5.41, 5.74) is 0.877. The maximum Gasteiger partial charge on any atom is 0.278 e. The van der Waals surface area contributed by atoms with Gasteiger partial charge in [0.25, 0.3) is 5.96 Å². The van der Waals surface area contributed by atoms with E-state index in [1.807, 2.05) is 19.9 Å². The van der Waals surface area contributed by atoms with Gasteiger partial charge in [-0.1, -0.05) is 17.7 Å². The summed E-state index contributed by atoms with van der Waals surface area (Å²) in [7, 11) is 0. The summed E-state index contributed by atoms with van der Waals surface area (Å²) in [6, 6.07) is 3.50. The minimum Gasteiger partial charge on any atom is -0.335 e. The van der Waals surface area contributed by atoms with Gasteiger partial charge in [0.05, 0.1) is 0 Å². The molecule has 2 heterocycles. The largest absolute Gasteiger partial charge is 0.335 e. The molecule has 0 radical (unpaired) electrons. The molecule has 0 saturated carbocycles. The molecule has 0 aliphatic carbocycles. The normalized spacial score (nSPS) is 16.4. The third kappa shape index (κ3) is 4.76. The number of guanidine groups is 1. The van der Waals surface area contributed by atoms with Crippen molar-refractivity contribution in [1.82, 2.24) is 14.8 Å². The molecule has 0 amide bonds. The Morgan fingerprint density at radius 1 is 1.38 bits per heavy atom. The smallest absolute Gasteiger partial charge is 0.278 e. The first kappa shape index (κ1) is 18.4. The number of nitrogens with zero attached hydrogens (tertiary/aromatic N) is 5. The Balaban J connectivity index is 2.19. The van der Waals surface area contributed by atoms with Crippen LogP contribution >= 0.6 is 11.6 Å². The summed E-state index contributed by atoms with van der Waals surface area (Å²) < 4.78 is 11.1. The van der Waals surface area contributed by atoms with E-state index in [1.54, 1.807) is 22.1 Å². The number of ether oxygens (including phenoxy) is 2. The van der Waals surface area contributed by atoms with E-state index in [9.17, 15) is 10.1 Å². The number of rotatable bonds is 8. The molecule has 0 spiro atoms. The summed E-state index contributed by atoms with van der Waals surface area (Å²) in [5, 5.41) is 14.1. The number of hydrogen-bond donors (Lipinski definition) is 0. The molecular weight excluding hydrogens is 338 g/mol. The topological polar surface area (TPSA) is 93.3 Å². The zero-order chi connectivity index (χ0) is 17.5. The van der Waals surface area contributed by atoms with Crippen LogP contribution in [0.25, 0.3) is 0 Å². The van der Waals surface area contributed by atoms with E-state index >= 15 is 0 Å². The van der Waals surface area contributed by atoms with Crippen LogP contribution in [0.15, 0.2) is 23.4 Å². The molecule has 0 aromatic carbocycles. The lowest BCUT2D eigenvalue weighted by Crippen LogP contribution is -2.44. The summed E-state index contributed by atoms with van der Waals surface area (Å²) in [5.74, 6) is 0.210. The molecule has 0 atom stereocenters. The molecule has 0 unspecified atom stereocenters. The highest BCUT2D eigenvalue weighted by Crippen LogP contribution is 2.18. The van der Waals surface area contributed by atoms with Crippen LogP contribution in [0.4, 0.5) is 0 Å². The van der Waals surface area contributed by atoms with Crippen molar-refractivity contribution in [3.05, 3.63) is 39.2 Å². The van der Waals surface area contributed by atoms with Gasteiger partial charge in [0, 0.05) is 39.0 Å². The quantitative estimate of drug-likeness (QED) is 0.303. The van der Waals surface area contributed by atoms with Crippen molar-refractivity contribution in [2.45, 2.75) is 26.8 Å². The molecule has 1 aromatic heterocycles. The van der Waals surface area contributed by atoms with E-state index in [-0.39, 0.29) is 5.96 Å². The Labute approximate surface area is 144 Å². The summed E-state index contributed by atoms with van der Waals surface area (Å²) in [6.07, 6.45) is 0.934. The average molecular weight is 358 g/mol.